The molecule has 0 spiro atoms. The fourth-order valence-corrected chi connectivity index (χ4v) is 3.25. The maximum Gasteiger partial charge on any atom is 0.346 e. The van der Waals surface area contributed by atoms with Crippen molar-refractivity contribution in [3.63, 3.8) is 0 Å². The Hall–Kier alpha value is -2.43. The summed E-state index contributed by atoms with van der Waals surface area (Å²) in [4.78, 5) is 12.1. The maximum atomic E-state index is 14.0. The zero-order valence-electron chi connectivity index (χ0n) is 14.1. The van der Waals surface area contributed by atoms with Crippen molar-refractivity contribution in [1.29, 1.82) is 0 Å². The van der Waals surface area contributed by atoms with Crippen molar-refractivity contribution in [3.8, 4) is 11.5 Å². The van der Waals surface area contributed by atoms with Gasteiger partial charge in [-0.05, 0) is 48.6 Å². The van der Waals surface area contributed by atoms with Crippen LogP contribution in [0.15, 0.2) is 36.4 Å². The molecular formula is C20H20F2O3. The Labute approximate surface area is 145 Å². The summed E-state index contributed by atoms with van der Waals surface area (Å²) in [6, 6.07) is 9.60. The van der Waals surface area contributed by atoms with E-state index in [1.54, 1.807) is 12.1 Å². The van der Waals surface area contributed by atoms with E-state index in [-0.39, 0.29) is 5.75 Å². The number of carbonyl (C=O) groups excluding carboxylic acids is 1. The maximum absolute atomic E-state index is 14.0. The molecule has 3 nitrogen and oxygen atoms in total. The second-order valence-corrected chi connectivity index (χ2v) is 6.24. The number of hydrogen-bond acceptors (Lipinski definition) is 3. The molecule has 2 aromatic rings. The van der Waals surface area contributed by atoms with Crippen LogP contribution in [-0.2, 0) is 0 Å². The summed E-state index contributed by atoms with van der Waals surface area (Å²) in [5.74, 6) is -2.82. The standard InChI is InChI=1S/C20H20F2O3/c1-24-17-12-11-16(18(21)19(17)22)20(23)25-15-9-7-14(8-10-15)13-5-3-2-4-6-13/h7-13H,2-6H2,1H3. The molecule has 1 fully saturated rings. The molecule has 0 saturated heterocycles. The minimum Gasteiger partial charge on any atom is -0.494 e. The summed E-state index contributed by atoms with van der Waals surface area (Å²) in [6.45, 7) is 0. The van der Waals surface area contributed by atoms with E-state index in [2.05, 4.69) is 4.74 Å². The van der Waals surface area contributed by atoms with E-state index in [4.69, 9.17) is 4.74 Å². The van der Waals surface area contributed by atoms with E-state index in [1.165, 1.54) is 50.8 Å². The highest BCUT2D eigenvalue weighted by Crippen LogP contribution is 2.33. The second-order valence-electron chi connectivity index (χ2n) is 6.24. The van der Waals surface area contributed by atoms with Gasteiger partial charge in [-0.2, -0.15) is 4.39 Å². The van der Waals surface area contributed by atoms with E-state index in [9.17, 15) is 13.6 Å². The van der Waals surface area contributed by atoms with Gasteiger partial charge in [0.1, 0.15) is 5.75 Å². The normalized spacial score (nSPS) is 15.0. The molecule has 2 aromatic carbocycles. The van der Waals surface area contributed by atoms with Crippen LogP contribution in [0.3, 0.4) is 0 Å². The first-order valence-electron chi connectivity index (χ1n) is 8.44. The topological polar surface area (TPSA) is 35.5 Å². The van der Waals surface area contributed by atoms with E-state index in [0.29, 0.717) is 11.7 Å². The van der Waals surface area contributed by atoms with Gasteiger partial charge in [0.25, 0.3) is 0 Å². The van der Waals surface area contributed by atoms with Gasteiger partial charge in [0.05, 0.1) is 12.7 Å². The molecule has 0 atom stereocenters. The van der Waals surface area contributed by atoms with Crippen LogP contribution in [0.25, 0.3) is 0 Å². The van der Waals surface area contributed by atoms with Gasteiger partial charge in [0.2, 0.25) is 5.82 Å². The molecule has 1 aliphatic rings. The van der Waals surface area contributed by atoms with Crippen LogP contribution in [0, 0.1) is 11.6 Å². The van der Waals surface area contributed by atoms with Crippen LogP contribution in [0.4, 0.5) is 8.78 Å². The van der Waals surface area contributed by atoms with Crippen LogP contribution in [0.1, 0.15) is 53.9 Å². The molecule has 0 heterocycles. The zero-order chi connectivity index (χ0) is 17.8. The predicted molar refractivity (Wildman–Crippen MR) is 90.1 cm³/mol. The third-order valence-electron chi connectivity index (χ3n) is 4.65. The third kappa shape index (κ3) is 3.81. The number of halogens is 2. The van der Waals surface area contributed by atoms with Gasteiger partial charge in [0.15, 0.2) is 11.6 Å². The molecule has 5 heteroatoms. The fourth-order valence-electron chi connectivity index (χ4n) is 3.25. The van der Waals surface area contributed by atoms with Crippen molar-refractivity contribution in [3.05, 3.63) is 59.2 Å². The minimum atomic E-state index is -1.27. The summed E-state index contributed by atoms with van der Waals surface area (Å²) in [7, 11) is 1.23. The molecular weight excluding hydrogens is 326 g/mol. The van der Waals surface area contributed by atoms with Crippen molar-refractivity contribution in [1.82, 2.24) is 0 Å². The lowest BCUT2D eigenvalue weighted by Gasteiger charge is -2.22. The summed E-state index contributed by atoms with van der Waals surface area (Å²) in [5.41, 5.74) is 0.760. The smallest absolute Gasteiger partial charge is 0.346 e. The molecule has 0 aliphatic heterocycles. The van der Waals surface area contributed by atoms with Gasteiger partial charge < -0.3 is 9.47 Å². The van der Waals surface area contributed by atoms with Gasteiger partial charge in [-0.15, -0.1) is 0 Å². The highest BCUT2D eigenvalue weighted by atomic mass is 19.2. The van der Waals surface area contributed by atoms with Crippen LogP contribution in [-0.4, -0.2) is 13.1 Å². The van der Waals surface area contributed by atoms with Crippen LogP contribution in [0.5, 0.6) is 11.5 Å². The van der Waals surface area contributed by atoms with Crippen LogP contribution < -0.4 is 9.47 Å². The molecule has 1 saturated carbocycles. The first-order chi connectivity index (χ1) is 12.1. The molecule has 0 amide bonds. The SMILES string of the molecule is COc1ccc(C(=O)Oc2ccc(C3CCCCC3)cc2)c(F)c1F. The van der Waals surface area contributed by atoms with E-state index in [1.807, 2.05) is 12.1 Å². The first kappa shape index (κ1) is 17.4. The van der Waals surface area contributed by atoms with E-state index < -0.39 is 23.2 Å². The average Bonchev–Trinajstić information content (AvgIpc) is 2.65. The number of hydrogen-bond donors (Lipinski definition) is 0. The Morgan fingerprint density at radius 3 is 2.28 bits per heavy atom. The molecule has 0 aromatic heterocycles. The number of methoxy groups -OCH3 is 1. The first-order valence-corrected chi connectivity index (χ1v) is 8.44. The molecule has 132 valence electrons. The third-order valence-corrected chi connectivity index (χ3v) is 4.65. The molecule has 25 heavy (non-hydrogen) atoms. The number of rotatable bonds is 4. The quantitative estimate of drug-likeness (QED) is 0.561. The molecule has 0 radical (unpaired) electrons. The van der Waals surface area contributed by atoms with Gasteiger partial charge in [0, 0.05) is 0 Å². The minimum absolute atomic E-state index is 0.258. The summed E-state index contributed by atoms with van der Waals surface area (Å²) in [5, 5.41) is 0. The van der Waals surface area contributed by atoms with Crippen molar-refractivity contribution in [2.45, 2.75) is 38.0 Å². The number of benzene rings is 2. The fraction of sp³-hybridized carbons (Fsp3) is 0.350. The monoisotopic (exact) mass is 346 g/mol. The Kier molecular flexibility index (Phi) is 5.31. The van der Waals surface area contributed by atoms with E-state index in [0.717, 1.165) is 6.07 Å². The number of ether oxygens (including phenoxy) is 2. The summed E-state index contributed by atoms with van der Waals surface area (Å²) in [6.07, 6.45) is 6.12. The average molecular weight is 346 g/mol. The molecule has 0 bridgehead atoms. The Morgan fingerprint density at radius 2 is 1.64 bits per heavy atom. The highest BCUT2D eigenvalue weighted by Gasteiger charge is 2.21. The predicted octanol–water partition coefficient (Wildman–Crippen LogP) is 5.24. The van der Waals surface area contributed by atoms with Crippen LogP contribution >= 0.6 is 0 Å². The largest absolute Gasteiger partial charge is 0.494 e. The lowest BCUT2D eigenvalue weighted by Crippen LogP contribution is -2.12. The zero-order valence-corrected chi connectivity index (χ0v) is 14.1. The van der Waals surface area contributed by atoms with E-state index >= 15 is 0 Å². The Balaban J connectivity index is 1.72. The van der Waals surface area contributed by atoms with Gasteiger partial charge in [-0.3, -0.25) is 0 Å². The Bertz CT molecular complexity index is 750. The van der Waals surface area contributed by atoms with Gasteiger partial charge in [-0.25, -0.2) is 9.18 Å². The van der Waals surface area contributed by atoms with Crippen molar-refractivity contribution >= 4 is 5.97 Å². The van der Waals surface area contributed by atoms with Crippen LogP contribution in [0.2, 0.25) is 0 Å². The molecule has 3 rings (SSSR count). The Morgan fingerprint density at radius 1 is 0.960 bits per heavy atom. The lowest BCUT2D eigenvalue weighted by atomic mass is 9.84. The van der Waals surface area contributed by atoms with Crippen molar-refractivity contribution < 1.29 is 23.0 Å². The van der Waals surface area contributed by atoms with Crippen molar-refractivity contribution in [2.24, 2.45) is 0 Å². The lowest BCUT2D eigenvalue weighted by molar-refractivity contribution is 0.0728. The molecule has 0 unspecified atom stereocenters. The molecule has 1 aliphatic carbocycles. The summed E-state index contributed by atoms with van der Waals surface area (Å²) >= 11 is 0. The number of carbonyl (C=O) groups is 1. The second kappa shape index (κ2) is 7.64. The highest BCUT2D eigenvalue weighted by molar-refractivity contribution is 5.91. The van der Waals surface area contributed by atoms with Crippen molar-refractivity contribution in [2.75, 3.05) is 7.11 Å². The summed E-state index contributed by atoms with van der Waals surface area (Å²) < 4.78 is 37.5. The number of esters is 1. The van der Waals surface area contributed by atoms with Gasteiger partial charge in [-0.1, -0.05) is 31.4 Å². The van der Waals surface area contributed by atoms with Gasteiger partial charge >= 0.3 is 5.97 Å². The molecule has 0 N–H and O–H groups in total.